The van der Waals surface area contributed by atoms with Gasteiger partial charge in [-0.05, 0) is 19.3 Å². The van der Waals surface area contributed by atoms with Crippen LogP contribution in [0.1, 0.15) is 25.7 Å². The highest BCUT2D eigenvalue weighted by atomic mass is 16.3. The smallest absolute Gasteiger partial charge is 0.227 e. The number of rotatable bonds is 2. The van der Waals surface area contributed by atoms with Crippen molar-refractivity contribution in [1.82, 2.24) is 14.9 Å². The first kappa shape index (κ1) is 14.6. The zero-order chi connectivity index (χ0) is 16.0. The fourth-order valence-electron chi connectivity index (χ4n) is 4.01. The lowest BCUT2D eigenvalue weighted by Crippen LogP contribution is -2.43. The Morgan fingerprint density at radius 2 is 2.00 bits per heavy atom. The summed E-state index contributed by atoms with van der Waals surface area (Å²) in [6, 6.07) is 0. The Kier molecular flexibility index (Phi) is 3.33. The molecule has 0 radical (unpaired) electrons. The van der Waals surface area contributed by atoms with Crippen LogP contribution >= 0.6 is 0 Å². The van der Waals surface area contributed by atoms with Gasteiger partial charge in [-0.25, -0.2) is 9.97 Å². The number of amides is 2. The highest BCUT2D eigenvalue weighted by Gasteiger charge is 2.50. The summed E-state index contributed by atoms with van der Waals surface area (Å²) >= 11 is 0. The molecule has 1 aliphatic carbocycles. The second-order valence-corrected chi connectivity index (χ2v) is 7.09. The second-order valence-electron chi connectivity index (χ2n) is 7.09. The number of aliphatic hydroxyl groups excluding tert-OH is 1. The molecule has 4 rings (SSSR count). The molecule has 2 amide bonds. The number of hydrogen-bond acceptors (Lipinski definition) is 5. The van der Waals surface area contributed by atoms with Crippen LogP contribution in [0.5, 0.6) is 0 Å². The van der Waals surface area contributed by atoms with E-state index in [4.69, 9.17) is 0 Å². The maximum atomic E-state index is 12.4. The number of carbonyl (C=O) groups is 2. The maximum absolute atomic E-state index is 12.4. The van der Waals surface area contributed by atoms with Crippen molar-refractivity contribution in [2.24, 2.45) is 11.3 Å². The lowest BCUT2D eigenvalue weighted by Gasteiger charge is -2.34. The molecule has 0 unspecified atom stereocenters. The van der Waals surface area contributed by atoms with Crippen molar-refractivity contribution in [1.29, 1.82) is 0 Å². The van der Waals surface area contributed by atoms with Crippen LogP contribution in [-0.2, 0) is 9.59 Å². The van der Waals surface area contributed by atoms with Crippen LogP contribution in [0.4, 0.5) is 5.69 Å². The average molecular weight is 316 g/mol. The molecule has 2 saturated heterocycles. The highest BCUT2D eigenvalue weighted by molar-refractivity contribution is 5.96. The summed E-state index contributed by atoms with van der Waals surface area (Å²) in [7, 11) is 0. The predicted octanol–water partition coefficient (Wildman–Crippen LogP) is 0.203. The van der Waals surface area contributed by atoms with Crippen LogP contribution in [0.15, 0.2) is 18.7 Å². The standard InChI is InChI=1S/C16H20N4O3/c21-13-3-11(4-13)15(23)19-2-1-16(8-19)5-14(22)20(9-16)12-6-17-10-18-7-12/h6-7,10-11,13,21H,1-5,8-9H2/t11?,13?,16-/m1/s1. The minimum Gasteiger partial charge on any atom is -0.393 e. The van der Waals surface area contributed by atoms with E-state index in [2.05, 4.69) is 9.97 Å². The molecule has 7 heteroatoms. The summed E-state index contributed by atoms with van der Waals surface area (Å²) in [6.45, 7) is 1.96. The Bertz CT molecular complexity index is 631. The van der Waals surface area contributed by atoms with Crippen molar-refractivity contribution in [3.63, 3.8) is 0 Å². The SMILES string of the molecule is O=C(C1CC(O)C1)N1CC[C@@]2(CC(=O)N(c3cncnc3)C2)C1. The van der Waals surface area contributed by atoms with E-state index in [1.165, 1.54) is 6.33 Å². The van der Waals surface area contributed by atoms with Gasteiger partial charge in [0.25, 0.3) is 0 Å². The molecule has 1 saturated carbocycles. The molecule has 1 spiro atoms. The maximum Gasteiger partial charge on any atom is 0.227 e. The van der Waals surface area contributed by atoms with Crippen molar-refractivity contribution >= 4 is 17.5 Å². The largest absolute Gasteiger partial charge is 0.393 e. The van der Waals surface area contributed by atoms with Crippen LogP contribution < -0.4 is 4.90 Å². The molecular formula is C16H20N4O3. The third-order valence-corrected chi connectivity index (χ3v) is 5.39. The lowest BCUT2D eigenvalue weighted by atomic mass is 9.81. The zero-order valence-electron chi connectivity index (χ0n) is 12.9. The van der Waals surface area contributed by atoms with Crippen LogP contribution in [0.25, 0.3) is 0 Å². The molecule has 3 heterocycles. The first-order valence-electron chi connectivity index (χ1n) is 8.09. The van der Waals surface area contributed by atoms with Crippen LogP contribution in [0.2, 0.25) is 0 Å². The third-order valence-electron chi connectivity index (χ3n) is 5.39. The minimum atomic E-state index is -0.317. The number of anilines is 1. The van der Waals surface area contributed by atoms with E-state index in [1.54, 1.807) is 17.3 Å². The Balaban J connectivity index is 1.44. The van der Waals surface area contributed by atoms with Crippen LogP contribution in [0.3, 0.4) is 0 Å². The molecule has 122 valence electrons. The van der Waals surface area contributed by atoms with Gasteiger partial charge < -0.3 is 14.9 Å². The summed E-state index contributed by atoms with van der Waals surface area (Å²) in [6.07, 6.45) is 6.91. The van der Waals surface area contributed by atoms with E-state index in [9.17, 15) is 14.7 Å². The molecule has 3 aliphatic rings. The van der Waals surface area contributed by atoms with Gasteiger partial charge >= 0.3 is 0 Å². The van der Waals surface area contributed by atoms with E-state index in [0.29, 0.717) is 38.9 Å². The molecule has 2 aliphatic heterocycles. The zero-order valence-corrected chi connectivity index (χ0v) is 12.9. The van der Waals surface area contributed by atoms with Gasteiger partial charge in [-0.15, -0.1) is 0 Å². The highest BCUT2D eigenvalue weighted by Crippen LogP contribution is 2.42. The van der Waals surface area contributed by atoms with Gasteiger partial charge in [0.2, 0.25) is 11.8 Å². The van der Waals surface area contributed by atoms with Crippen molar-refractivity contribution in [3.8, 4) is 0 Å². The lowest BCUT2D eigenvalue weighted by molar-refractivity contribution is -0.141. The first-order valence-corrected chi connectivity index (χ1v) is 8.09. The fourth-order valence-corrected chi connectivity index (χ4v) is 4.01. The van der Waals surface area contributed by atoms with Gasteiger partial charge in [-0.1, -0.05) is 0 Å². The van der Waals surface area contributed by atoms with Gasteiger partial charge in [0.15, 0.2) is 0 Å². The van der Waals surface area contributed by atoms with Crippen molar-refractivity contribution in [2.45, 2.75) is 31.8 Å². The summed E-state index contributed by atoms with van der Waals surface area (Å²) in [5, 5.41) is 9.38. The first-order chi connectivity index (χ1) is 11.1. The summed E-state index contributed by atoms with van der Waals surface area (Å²) < 4.78 is 0. The summed E-state index contributed by atoms with van der Waals surface area (Å²) in [4.78, 5) is 36.4. The minimum absolute atomic E-state index is 0.0316. The Labute approximate surface area is 134 Å². The molecule has 23 heavy (non-hydrogen) atoms. The van der Waals surface area contributed by atoms with Gasteiger partial charge in [0.05, 0.1) is 24.2 Å². The van der Waals surface area contributed by atoms with E-state index < -0.39 is 0 Å². The van der Waals surface area contributed by atoms with E-state index in [-0.39, 0.29) is 29.3 Å². The molecule has 3 fully saturated rings. The number of likely N-dealkylation sites (tertiary alicyclic amines) is 1. The third kappa shape index (κ3) is 2.49. The summed E-state index contributed by atoms with van der Waals surface area (Å²) in [5.74, 6) is 0.185. The van der Waals surface area contributed by atoms with Crippen molar-refractivity contribution in [2.75, 3.05) is 24.5 Å². The van der Waals surface area contributed by atoms with Gasteiger partial charge in [-0.2, -0.15) is 0 Å². The molecule has 1 atom stereocenters. The number of nitrogens with zero attached hydrogens (tertiary/aromatic N) is 4. The van der Waals surface area contributed by atoms with Crippen LogP contribution in [-0.4, -0.2) is 57.5 Å². The number of aliphatic hydroxyl groups is 1. The van der Waals surface area contributed by atoms with Crippen LogP contribution in [0, 0.1) is 11.3 Å². The fraction of sp³-hybridized carbons (Fsp3) is 0.625. The van der Waals surface area contributed by atoms with Crippen molar-refractivity contribution < 1.29 is 14.7 Å². The van der Waals surface area contributed by atoms with Gasteiger partial charge in [-0.3, -0.25) is 9.59 Å². The Morgan fingerprint density at radius 3 is 2.70 bits per heavy atom. The Morgan fingerprint density at radius 1 is 1.26 bits per heavy atom. The second kappa shape index (κ2) is 5.26. The van der Waals surface area contributed by atoms with Gasteiger partial charge in [0, 0.05) is 37.4 Å². The van der Waals surface area contributed by atoms with E-state index >= 15 is 0 Å². The number of hydrogen-bond donors (Lipinski definition) is 1. The summed E-state index contributed by atoms with van der Waals surface area (Å²) in [5.41, 5.74) is 0.576. The number of carbonyl (C=O) groups excluding carboxylic acids is 2. The molecule has 7 nitrogen and oxygen atoms in total. The molecule has 1 N–H and O–H groups in total. The molecular weight excluding hydrogens is 296 g/mol. The van der Waals surface area contributed by atoms with Crippen molar-refractivity contribution in [3.05, 3.63) is 18.7 Å². The van der Waals surface area contributed by atoms with E-state index in [0.717, 1.165) is 12.1 Å². The molecule has 0 aromatic carbocycles. The molecule has 1 aromatic heterocycles. The predicted molar refractivity (Wildman–Crippen MR) is 81.4 cm³/mol. The van der Waals surface area contributed by atoms with Gasteiger partial charge in [0.1, 0.15) is 6.33 Å². The molecule has 1 aromatic rings. The Hall–Kier alpha value is -2.02. The normalized spacial score (nSPS) is 33.3. The quantitative estimate of drug-likeness (QED) is 0.842. The number of aromatic nitrogens is 2. The average Bonchev–Trinajstić information content (AvgIpc) is 3.08. The monoisotopic (exact) mass is 316 g/mol. The van der Waals surface area contributed by atoms with E-state index in [1.807, 2.05) is 4.90 Å². The molecule has 0 bridgehead atoms. The topological polar surface area (TPSA) is 86.6 Å².